The number of aliphatic carboxylic acids is 1. The largest absolute Gasteiger partial charge is 0.480 e. The molecule has 1 aliphatic rings. The molecule has 0 aromatic carbocycles. The van der Waals surface area contributed by atoms with Crippen LogP contribution in [0.15, 0.2) is 6.33 Å². The molecule has 1 unspecified atom stereocenters. The normalized spacial score (nSPS) is 18.7. The summed E-state index contributed by atoms with van der Waals surface area (Å²) in [6, 6.07) is 0. The molecule has 1 aromatic heterocycles. The van der Waals surface area contributed by atoms with Gasteiger partial charge in [-0.05, 0) is 6.42 Å². The van der Waals surface area contributed by atoms with E-state index in [1.54, 1.807) is 4.90 Å². The molecule has 0 spiro atoms. The van der Waals surface area contributed by atoms with Crippen molar-refractivity contribution in [3.8, 4) is 0 Å². The second-order valence-electron chi connectivity index (χ2n) is 4.39. The number of aliphatic hydroxyl groups excluding tert-OH is 1. The molecule has 19 heavy (non-hydrogen) atoms. The quantitative estimate of drug-likeness (QED) is 0.767. The van der Waals surface area contributed by atoms with E-state index in [-0.39, 0.29) is 12.2 Å². The number of amides is 1. The maximum Gasteiger partial charge on any atom is 0.323 e. The lowest BCUT2D eigenvalue weighted by Gasteiger charge is -2.38. The molecule has 0 fully saturated rings. The van der Waals surface area contributed by atoms with Gasteiger partial charge in [-0.3, -0.25) is 14.5 Å². The van der Waals surface area contributed by atoms with Crippen molar-refractivity contribution < 1.29 is 19.8 Å². The fraction of sp³-hybridized carbons (Fsp3) is 0.545. The summed E-state index contributed by atoms with van der Waals surface area (Å²) in [4.78, 5) is 29.7. The average molecular weight is 268 g/mol. The Morgan fingerprint density at radius 3 is 2.79 bits per heavy atom. The molecule has 0 radical (unpaired) electrons. The molecule has 2 N–H and O–H groups in total. The smallest absolute Gasteiger partial charge is 0.323 e. The van der Waals surface area contributed by atoms with Crippen molar-refractivity contribution in [2.75, 3.05) is 18.5 Å². The highest BCUT2D eigenvalue weighted by Gasteiger charge is 2.37. The van der Waals surface area contributed by atoms with Gasteiger partial charge in [-0.1, -0.05) is 6.92 Å². The van der Waals surface area contributed by atoms with E-state index in [4.69, 9.17) is 5.11 Å². The molecule has 2 heterocycles. The van der Waals surface area contributed by atoms with Crippen LogP contribution in [0, 0.1) is 0 Å². The molecule has 1 amide bonds. The lowest BCUT2D eigenvalue weighted by molar-refractivity contribution is -0.137. The Morgan fingerprint density at radius 1 is 1.53 bits per heavy atom. The first-order valence-electron chi connectivity index (χ1n) is 5.96. The van der Waals surface area contributed by atoms with Crippen molar-refractivity contribution in [2.45, 2.75) is 26.2 Å². The minimum Gasteiger partial charge on any atom is -0.480 e. The van der Waals surface area contributed by atoms with Gasteiger partial charge in [0.05, 0.1) is 6.33 Å². The number of aromatic nitrogens is 2. The van der Waals surface area contributed by atoms with E-state index in [2.05, 4.69) is 4.98 Å². The third-order valence-electron chi connectivity index (χ3n) is 3.01. The first kappa shape index (κ1) is 13.3. The molecule has 8 nitrogen and oxygen atoms in total. The summed E-state index contributed by atoms with van der Waals surface area (Å²) >= 11 is 0. The number of nitrogens with zero attached hydrogens (tertiary/aromatic N) is 4. The van der Waals surface area contributed by atoms with Gasteiger partial charge >= 0.3 is 5.97 Å². The number of carbonyl (C=O) groups is 2. The monoisotopic (exact) mass is 268 g/mol. The Hall–Kier alpha value is -2.09. The van der Waals surface area contributed by atoms with Crippen LogP contribution in [0.2, 0.25) is 0 Å². The van der Waals surface area contributed by atoms with Crippen molar-refractivity contribution in [1.29, 1.82) is 0 Å². The molecule has 1 aromatic rings. The van der Waals surface area contributed by atoms with Crippen LogP contribution in [0.3, 0.4) is 0 Å². The summed E-state index contributed by atoms with van der Waals surface area (Å²) in [6.45, 7) is 2.13. The Labute approximate surface area is 109 Å². The SMILES string of the molecule is CCCN1c2ncn(CC(=O)O)c2C(=O)N(C)C1O. The number of hydrogen-bond acceptors (Lipinski definition) is 5. The third kappa shape index (κ3) is 2.14. The Morgan fingerprint density at radius 2 is 2.21 bits per heavy atom. The molecule has 0 bridgehead atoms. The van der Waals surface area contributed by atoms with Crippen LogP contribution >= 0.6 is 0 Å². The molecular formula is C11H16N4O4. The maximum absolute atomic E-state index is 12.1. The topological polar surface area (TPSA) is 98.9 Å². The van der Waals surface area contributed by atoms with Crippen molar-refractivity contribution in [3.05, 3.63) is 12.0 Å². The standard InChI is InChI=1S/C11H16N4O4/c1-3-4-15-9-8(10(18)13(2)11(15)19)14(6-12-9)5-7(16)17/h6,11,19H,3-5H2,1-2H3,(H,16,17). The van der Waals surface area contributed by atoms with Gasteiger partial charge in [-0.25, -0.2) is 4.98 Å². The third-order valence-corrected chi connectivity index (χ3v) is 3.01. The molecular weight excluding hydrogens is 252 g/mol. The lowest BCUT2D eigenvalue weighted by Crippen LogP contribution is -2.54. The van der Waals surface area contributed by atoms with Crippen molar-refractivity contribution in [1.82, 2.24) is 14.5 Å². The van der Waals surface area contributed by atoms with Gasteiger partial charge in [0, 0.05) is 13.6 Å². The summed E-state index contributed by atoms with van der Waals surface area (Å²) in [5.74, 6) is -1.16. The van der Waals surface area contributed by atoms with E-state index in [1.165, 1.54) is 17.9 Å². The average Bonchev–Trinajstić information content (AvgIpc) is 2.75. The number of rotatable bonds is 4. The van der Waals surface area contributed by atoms with E-state index < -0.39 is 18.2 Å². The number of carboxylic acids is 1. The van der Waals surface area contributed by atoms with Crippen LogP contribution in [-0.4, -0.2) is 56.5 Å². The predicted octanol–water partition coefficient (Wildman–Crippen LogP) is -0.454. The summed E-state index contributed by atoms with van der Waals surface area (Å²) in [7, 11) is 1.47. The number of carbonyl (C=O) groups excluding carboxylic acids is 1. The first-order valence-corrected chi connectivity index (χ1v) is 5.96. The van der Waals surface area contributed by atoms with Gasteiger partial charge in [0.2, 0.25) is 6.35 Å². The summed E-state index contributed by atoms with van der Waals surface area (Å²) in [5, 5.41) is 18.9. The highest BCUT2D eigenvalue weighted by Crippen LogP contribution is 2.28. The Kier molecular flexibility index (Phi) is 3.43. The second kappa shape index (κ2) is 4.88. The number of fused-ring (bicyclic) bond motifs is 1. The molecule has 0 saturated carbocycles. The van der Waals surface area contributed by atoms with Gasteiger partial charge in [0.1, 0.15) is 6.54 Å². The molecule has 104 valence electrons. The fourth-order valence-electron chi connectivity index (χ4n) is 2.12. The zero-order chi connectivity index (χ0) is 14.2. The fourth-order valence-corrected chi connectivity index (χ4v) is 2.12. The number of aliphatic hydroxyl groups is 1. The van der Waals surface area contributed by atoms with Crippen LogP contribution in [0.5, 0.6) is 0 Å². The molecule has 0 saturated heterocycles. The zero-order valence-corrected chi connectivity index (χ0v) is 10.8. The van der Waals surface area contributed by atoms with Crippen molar-refractivity contribution in [3.63, 3.8) is 0 Å². The molecule has 1 aliphatic heterocycles. The lowest BCUT2D eigenvalue weighted by atomic mass is 10.2. The highest BCUT2D eigenvalue weighted by atomic mass is 16.4. The van der Waals surface area contributed by atoms with E-state index in [0.717, 1.165) is 11.3 Å². The second-order valence-corrected chi connectivity index (χ2v) is 4.39. The molecule has 8 heteroatoms. The van der Waals surface area contributed by atoms with Gasteiger partial charge in [0.15, 0.2) is 11.5 Å². The number of carboxylic acid groups (broad SMARTS) is 1. The van der Waals surface area contributed by atoms with E-state index in [9.17, 15) is 14.7 Å². The van der Waals surface area contributed by atoms with E-state index >= 15 is 0 Å². The molecule has 1 atom stereocenters. The number of imidazole rings is 1. The van der Waals surface area contributed by atoms with Crippen LogP contribution in [0.4, 0.5) is 5.82 Å². The zero-order valence-electron chi connectivity index (χ0n) is 10.8. The van der Waals surface area contributed by atoms with Gasteiger partial charge in [0.25, 0.3) is 5.91 Å². The Balaban J connectivity index is 2.47. The van der Waals surface area contributed by atoms with Gasteiger partial charge in [-0.2, -0.15) is 0 Å². The summed E-state index contributed by atoms with van der Waals surface area (Å²) in [6.07, 6.45) is 1.00. The van der Waals surface area contributed by atoms with Crippen molar-refractivity contribution >= 4 is 17.7 Å². The van der Waals surface area contributed by atoms with Gasteiger partial charge < -0.3 is 19.7 Å². The van der Waals surface area contributed by atoms with Gasteiger partial charge in [-0.15, -0.1) is 0 Å². The van der Waals surface area contributed by atoms with Crippen LogP contribution in [-0.2, 0) is 11.3 Å². The minimum atomic E-state index is -1.08. The van der Waals surface area contributed by atoms with Crippen LogP contribution < -0.4 is 4.90 Å². The molecule has 2 rings (SSSR count). The Bertz CT molecular complexity index is 513. The molecule has 0 aliphatic carbocycles. The maximum atomic E-state index is 12.1. The minimum absolute atomic E-state index is 0.198. The first-order chi connectivity index (χ1) is 8.97. The summed E-state index contributed by atoms with van der Waals surface area (Å²) in [5.41, 5.74) is 0.198. The predicted molar refractivity (Wildman–Crippen MR) is 65.6 cm³/mol. The van der Waals surface area contributed by atoms with Crippen LogP contribution in [0.1, 0.15) is 23.8 Å². The van der Waals surface area contributed by atoms with E-state index in [1.807, 2.05) is 6.92 Å². The summed E-state index contributed by atoms with van der Waals surface area (Å²) < 4.78 is 1.28. The van der Waals surface area contributed by atoms with Crippen LogP contribution in [0.25, 0.3) is 0 Å². The van der Waals surface area contributed by atoms with Crippen molar-refractivity contribution in [2.24, 2.45) is 0 Å². The number of anilines is 1. The van der Waals surface area contributed by atoms with E-state index in [0.29, 0.717) is 12.4 Å². The number of hydrogen-bond donors (Lipinski definition) is 2. The highest BCUT2D eigenvalue weighted by molar-refractivity contribution is 5.99.